The Balaban J connectivity index is 1.07. The number of rotatable bonds is 8. The van der Waals surface area contributed by atoms with E-state index in [2.05, 4.69) is 9.88 Å². The second kappa shape index (κ2) is 12.0. The van der Waals surface area contributed by atoms with E-state index in [1.165, 1.54) is 17.2 Å². The maximum absolute atomic E-state index is 12.9. The summed E-state index contributed by atoms with van der Waals surface area (Å²) in [5, 5.41) is 1.49. The van der Waals surface area contributed by atoms with Gasteiger partial charge in [-0.15, -0.1) is 5.06 Å². The summed E-state index contributed by atoms with van der Waals surface area (Å²) in [7, 11) is 0. The smallest absolute Gasteiger partial charge is 0.428 e. The Bertz CT molecular complexity index is 1590. The summed E-state index contributed by atoms with van der Waals surface area (Å²) in [4.78, 5) is 46.2. The number of halogens is 3. The number of H-pyrrole nitrogens is 1. The lowest BCUT2D eigenvalue weighted by Crippen LogP contribution is -2.47. The van der Waals surface area contributed by atoms with Crippen LogP contribution in [-0.4, -0.2) is 59.6 Å². The number of aromatic nitrogens is 1. The molecule has 0 radical (unpaired) electrons. The molecule has 1 N–H and O–H groups in total. The molecule has 0 bridgehead atoms. The van der Waals surface area contributed by atoms with E-state index in [1.54, 1.807) is 42.5 Å². The molecule has 1 saturated heterocycles. The van der Waals surface area contributed by atoms with Crippen molar-refractivity contribution in [3.05, 3.63) is 94.0 Å². The van der Waals surface area contributed by atoms with Gasteiger partial charge in [0.15, 0.2) is 11.4 Å². The van der Waals surface area contributed by atoms with Crippen molar-refractivity contribution in [2.45, 2.75) is 19.2 Å². The first-order valence-electron chi connectivity index (χ1n) is 12.9. The number of fused-ring (bicyclic) bond motifs is 1. The largest absolute Gasteiger partial charge is 0.528 e. The standard InChI is InChI=1S/C29H26F3N3O6/c30-29(31,32)22-8-5-19(6-9-22)23-4-2-1-3-21(23)18-39-28(38)41-35-15-13-34(14-16-35)12-11-25(36)20-7-10-24-26(17-20)40-27(37)33-24/h1-10,17H,11-16,18H2,(H,33,37). The Labute approximate surface area is 232 Å². The fourth-order valence-electron chi connectivity index (χ4n) is 4.60. The molecule has 1 aliphatic rings. The van der Waals surface area contributed by atoms with Gasteiger partial charge in [-0.3, -0.25) is 9.78 Å². The number of aromatic amines is 1. The van der Waals surface area contributed by atoms with Gasteiger partial charge in [-0.2, -0.15) is 13.2 Å². The van der Waals surface area contributed by atoms with E-state index in [9.17, 15) is 27.6 Å². The van der Waals surface area contributed by atoms with E-state index < -0.39 is 23.7 Å². The third-order valence-corrected chi connectivity index (χ3v) is 6.82. The van der Waals surface area contributed by atoms with Crippen LogP contribution in [0.2, 0.25) is 0 Å². The number of ketones is 1. The van der Waals surface area contributed by atoms with Crippen LogP contribution < -0.4 is 5.76 Å². The molecular formula is C29H26F3N3O6. The third-order valence-electron chi connectivity index (χ3n) is 6.82. The molecule has 0 saturated carbocycles. The van der Waals surface area contributed by atoms with Gasteiger partial charge in [0.2, 0.25) is 0 Å². The van der Waals surface area contributed by atoms with Crippen LogP contribution in [-0.2, 0) is 22.4 Å². The van der Waals surface area contributed by atoms with Crippen LogP contribution >= 0.6 is 0 Å². The highest BCUT2D eigenvalue weighted by Gasteiger charge is 2.30. The zero-order valence-corrected chi connectivity index (χ0v) is 21.8. The molecule has 0 atom stereocenters. The topological polar surface area (TPSA) is 105 Å². The Hall–Kier alpha value is -4.42. The molecule has 41 heavy (non-hydrogen) atoms. The molecule has 1 aromatic heterocycles. The number of hydrogen-bond donors (Lipinski definition) is 1. The Morgan fingerprint density at radius 3 is 2.41 bits per heavy atom. The van der Waals surface area contributed by atoms with Crippen LogP contribution in [0.15, 0.2) is 75.9 Å². The summed E-state index contributed by atoms with van der Waals surface area (Å²) in [5.74, 6) is -0.647. The first-order valence-corrected chi connectivity index (χ1v) is 12.9. The maximum Gasteiger partial charge on any atom is 0.528 e. The Morgan fingerprint density at radius 2 is 1.68 bits per heavy atom. The van der Waals surface area contributed by atoms with E-state index in [4.69, 9.17) is 14.0 Å². The number of carbonyl (C=O) groups excluding carboxylic acids is 2. The zero-order chi connectivity index (χ0) is 29.0. The van der Waals surface area contributed by atoms with Crippen LogP contribution in [0.25, 0.3) is 22.2 Å². The molecule has 2 heterocycles. The molecule has 0 aliphatic carbocycles. The number of hydroxylamine groups is 2. The Morgan fingerprint density at radius 1 is 0.951 bits per heavy atom. The van der Waals surface area contributed by atoms with Crippen molar-refractivity contribution in [1.82, 2.24) is 14.9 Å². The van der Waals surface area contributed by atoms with Gasteiger partial charge in [-0.05, 0) is 47.0 Å². The summed E-state index contributed by atoms with van der Waals surface area (Å²) in [5.41, 5.74) is 2.43. The van der Waals surface area contributed by atoms with E-state index in [0.717, 1.165) is 12.1 Å². The predicted octanol–water partition coefficient (Wildman–Crippen LogP) is 5.27. The Kier molecular flexibility index (Phi) is 8.22. The van der Waals surface area contributed by atoms with Crippen molar-refractivity contribution in [2.75, 3.05) is 32.7 Å². The number of carbonyl (C=O) groups is 2. The van der Waals surface area contributed by atoms with Crippen molar-refractivity contribution >= 4 is 23.0 Å². The average molecular weight is 570 g/mol. The fourth-order valence-corrected chi connectivity index (χ4v) is 4.60. The molecule has 0 unspecified atom stereocenters. The van der Waals surface area contributed by atoms with Gasteiger partial charge in [0, 0.05) is 44.7 Å². The van der Waals surface area contributed by atoms with Crippen molar-refractivity contribution < 1.29 is 36.8 Å². The first-order chi connectivity index (χ1) is 19.7. The number of nitrogens with one attached hydrogen (secondary N) is 1. The number of alkyl halides is 3. The molecule has 1 aliphatic heterocycles. The van der Waals surface area contributed by atoms with Gasteiger partial charge in [-0.1, -0.05) is 36.4 Å². The first kappa shape index (κ1) is 28.1. The highest BCUT2D eigenvalue weighted by atomic mass is 19.4. The summed E-state index contributed by atoms with van der Waals surface area (Å²) in [6, 6.07) is 16.6. The van der Waals surface area contributed by atoms with Crippen LogP contribution in [0.1, 0.15) is 27.9 Å². The van der Waals surface area contributed by atoms with Crippen LogP contribution in [0.4, 0.5) is 18.0 Å². The number of oxazole rings is 1. The molecule has 5 rings (SSSR count). The second-order valence-corrected chi connectivity index (χ2v) is 9.53. The van der Waals surface area contributed by atoms with E-state index in [0.29, 0.717) is 66.1 Å². The number of benzene rings is 3. The normalized spacial score (nSPS) is 14.7. The van der Waals surface area contributed by atoms with E-state index in [-0.39, 0.29) is 18.8 Å². The molecule has 214 valence electrons. The predicted molar refractivity (Wildman–Crippen MR) is 142 cm³/mol. The minimum atomic E-state index is -4.42. The van der Waals surface area contributed by atoms with Crippen molar-refractivity contribution in [3.8, 4) is 11.1 Å². The van der Waals surface area contributed by atoms with Crippen molar-refractivity contribution in [2.24, 2.45) is 0 Å². The van der Waals surface area contributed by atoms with Crippen LogP contribution in [0, 0.1) is 0 Å². The van der Waals surface area contributed by atoms with Crippen LogP contribution in [0.3, 0.4) is 0 Å². The minimum absolute atomic E-state index is 0.0745. The quantitative estimate of drug-likeness (QED) is 0.226. The van der Waals surface area contributed by atoms with Gasteiger partial charge in [0.05, 0.1) is 11.1 Å². The van der Waals surface area contributed by atoms with Gasteiger partial charge in [0.1, 0.15) is 6.61 Å². The van der Waals surface area contributed by atoms with Crippen LogP contribution in [0.5, 0.6) is 0 Å². The monoisotopic (exact) mass is 569 g/mol. The van der Waals surface area contributed by atoms with Gasteiger partial charge in [0.25, 0.3) is 0 Å². The molecule has 9 nitrogen and oxygen atoms in total. The highest BCUT2D eigenvalue weighted by molar-refractivity contribution is 5.98. The summed E-state index contributed by atoms with van der Waals surface area (Å²) < 4.78 is 49.0. The molecule has 1 fully saturated rings. The van der Waals surface area contributed by atoms with E-state index in [1.807, 2.05) is 0 Å². The molecule has 0 spiro atoms. The van der Waals surface area contributed by atoms with Gasteiger partial charge < -0.3 is 18.9 Å². The highest BCUT2D eigenvalue weighted by Crippen LogP contribution is 2.32. The van der Waals surface area contributed by atoms with Gasteiger partial charge >= 0.3 is 18.1 Å². The maximum atomic E-state index is 12.9. The summed E-state index contributed by atoms with van der Waals surface area (Å²) in [6.07, 6.45) is -5.03. The lowest BCUT2D eigenvalue weighted by atomic mass is 9.99. The van der Waals surface area contributed by atoms with E-state index >= 15 is 0 Å². The number of Topliss-reactive ketones (excluding diaryl/α,β-unsaturated/α-hetero) is 1. The van der Waals surface area contributed by atoms with Gasteiger partial charge in [-0.25, -0.2) is 9.59 Å². The number of ether oxygens (including phenoxy) is 1. The molecule has 0 amide bonds. The second-order valence-electron chi connectivity index (χ2n) is 9.53. The van der Waals surface area contributed by atoms with Crippen molar-refractivity contribution in [1.29, 1.82) is 0 Å². The lowest BCUT2D eigenvalue weighted by molar-refractivity contribution is -0.147. The zero-order valence-electron chi connectivity index (χ0n) is 21.8. The summed E-state index contributed by atoms with van der Waals surface area (Å²) >= 11 is 0. The minimum Gasteiger partial charge on any atom is -0.428 e. The number of hydrogen-bond acceptors (Lipinski definition) is 8. The number of piperazine rings is 1. The molecule has 12 heteroatoms. The summed E-state index contributed by atoms with van der Waals surface area (Å²) in [6.45, 7) is 2.40. The average Bonchev–Trinajstić information content (AvgIpc) is 3.34. The lowest BCUT2D eigenvalue weighted by Gasteiger charge is -2.32. The van der Waals surface area contributed by atoms with Crippen molar-refractivity contribution in [3.63, 3.8) is 0 Å². The fraction of sp³-hybridized carbons (Fsp3) is 0.276. The molecule has 3 aromatic carbocycles. The third kappa shape index (κ3) is 7.02. The SMILES string of the molecule is O=C(OCc1ccccc1-c1ccc(C(F)(F)F)cc1)ON1CCN(CCC(=O)c2ccc3[nH]c(=O)oc3c2)CC1. The molecule has 4 aromatic rings. The molecular weight excluding hydrogens is 543 g/mol. The number of nitrogens with zero attached hydrogens (tertiary/aromatic N) is 2.